The number of benzene rings is 2. The number of fused-ring (bicyclic) bond motifs is 2. The van der Waals surface area contributed by atoms with Crippen LogP contribution in [0.25, 0.3) is 33.3 Å². The SMILES string of the molecule is CCn1cc(-c2cc(C#N)c3c(-c4cc(OC(F)F)c5c(c4)C(C)CNC5=O)n(C)nc3c2)cn1. The lowest BCUT2D eigenvalue weighted by Crippen LogP contribution is -2.34. The van der Waals surface area contributed by atoms with Crippen LogP contribution in [-0.2, 0) is 13.6 Å². The summed E-state index contributed by atoms with van der Waals surface area (Å²) < 4.78 is 34.7. The number of ether oxygens (including phenoxy) is 1. The third kappa shape index (κ3) is 3.79. The number of aromatic nitrogens is 4. The van der Waals surface area contributed by atoms with Gasteiger partial charge in [-0.25, -0.2) is 0 Å². The van der Waals surface area contributed by atoms with Crippen LogP contribution >= 0.6 is 0 Å². The van der Waals surface area contributed by atoms with Crippen LogP contribution in [0.4, 0.5) is 8.78 Å². The second-order valence-corrected chi connectivity index (χ2v) is 8.51. The van der Waals surface area contributed by atoms with Crippen LogP contribution in [0.15, 0.2) is 36.7 Å². The summed E-state index contributed by atoms with van der Waals surface area (Å²) in [6, 6.07) is 9.12. The predicted molar refractivity (Wildman–Crippen MR) is 125 cm³/mol. The van der Waals surface area contributed by atoms with E-state index in [9.17, 15) is 18.8 Å². The van der Waals surface area contributed by atoms with Gasteiger partial charge in [0, 0.05) is 42.8 Å². The summed E-state index contributed by atoms with van der Waals surface area (Å²) in [6.45, 7) is 1.90. The number of alkyl halides is 2. The van der Waals surface area contributed by atoms with E-state index in [4.69, 9.17) is 4.74 Å². The quantitative estimate of drug-likeness (QED) is 0.459. The lowest BCUT2D eigenvalue weighted by atomic mass is 9.88. The highest BCUT2D eigenvalue weighted by molar-refractivity contribution is 6.03. The van der Waals surface area contributed by atoms with Gasteiger partial charge in [0.15, 0.2) is 0 Å². The molecule has 4 aromatic rings. The molecule has 1 amide bonds. The summed E-state index contributed by atoms with van der Waals surface area (Å²) in [6.07, 6.45) is 3.63. The minimum absolute atomic E-state index is 0.106. The monoisotopic (exact) mass is 476 g/mol. The average Bonchev–Trinajstić information content (AvgIpc) is 3.44. The highest BCUT2D eigenvalue weighted by Gasteiger charge is 2.29. The lowest BCUT2D eigenvalue weighted by molar-refractivity contribution is -0.0502. The van der Waals surface area contributed by atoms with E-state index in [1.54, 1.807) is 34.7 Å². The van der Waals surface area contributed by atoms with Gasteiger partial charge in [-0.15, -0.1) is 0 Å². The Balaban J connectivity index is 1.74. The topological polar surface area (TPSA) is 97.8 Å². The Hall–Kier alpha value is -4.26. The van der Waals surface area contributed by atoms with Gasteiger partial charge in [-0.05, 0) is 48.2 Å². The van der Waals surface area contributed by atoms with Crippen LogP contribution in [0.5, 0.6) is 5.75 Å². The van der Waals surface area contributed by atoms with Gasteiger partial charge in [0.05, 0.1) is 34.6 Å². The number of nitrogens with zero attached hydrogens (tertiary/aromatic N) is 5. The Bertz CT molecular complexity index is 1510. The van der Waals surface area contributed by atoms with Crippen molar-refractivity contribution in [2.75, 3.05) is 6.54 Å². The molecule has 1 aliphatic heterocycles. The van der Waals surface area contributed by atoms with E-state index < -0.39 is 12.5 Å². The van der Waals surface area contributed by atoms with E-state index in [-0.39, 0.29) is 17.2 Å². The molecule has 178 valence electrons. The van der Waals surface area contributed by atoms with Crippen LogP contribution in [0, 0.1) is 11.3 Å². The van der Waals surface area contributed by atoms with Crippen molar-refractivity contribution in [2.45, 2.75) is 32.9 Å². The number of carbonyl (C=O) groups is 1. The molecule has 5 rings (SSSR count). The first-order chi connectivity index (χ1) is 16.8. The van der Waals surface area contributed by atoms with E-state index in [1.807, 2.05) is 26.1 Å². The number of hydrogen-bond acceptors (Lipinski definition) is 5. The predicted octanol–water partition coefficient (Wildman–Crippen LogP) is 4.44. The van der Waals surface area contributed by atoms with E-state index in [1.165, 1.54) is 6.07 Å². The third-order valence-electron chi connectivity index (χ3n) is 6.30. The molecular formula is C25H22F2N6O2. The summed E-state index contributed by atoms with van der Waals surface area (Å²) in [5.74, 6) is -0.766. The van der Waals surface area contributed by atoms with Crippen molar-refractivity contribution in [1.82, 2.24) is 24.9 Å². The summed E-state index contributed by atoms with van der Waals surface area (Å²) in [5, 5.41) is 22.2. The van der Waals surface area contributed by atoms with Gasteiger partial charge in [0.25, 0.3) is 5.91 Å². The molecule has 35 heavy (non-hydrogen) atoms. The van der Waals surface area contributed by atoms with Crippen molar-refractivity contribution < 1.29 is 18.3 Å². The molecule has 1 N–H and O–H groups in total. The summed E-state index contributed by atoms with van der Waals surface area (Å²) in [5.41, 5.74) is 4.47. The Morgan fingerprint density at radius 2 is 2.06 bits per heavy atom. The molecule has 0 bridgehead atoms. The summed E-state index contributed by atoms with van der Waals surface area (Å²) in [7, 11) is 1.73. The van der Waals surface area contributed by atoms with Gasteiger partial charge in [0.2, 0.25) is 0 Å². The van der Waals surface area contributed by atoms with Crippen LogP contribution in [0.2, 0.25) is 0 Å². The second kappa shape index (κ2) is 8.51. The molecule has 10 heteroatoms. The molecule has 1 atom stereocenters. The molecule has 0 saturated heterocycles. The summed E-state index contributed by atoms with van der Waals surface area (Å²) in [4.78, 5) is 12.5. The minimum atomic E-state index is -3.09. The number of nitriles is 1. The Morgan fingerprint density at radius 3 is 2.74 bits per heavy atom. The third-order valence-corrected chi connectivity index (χ3v) is 6.30. The zero-order chi connectivity index (χ0) is 24.9. The first-order valence-electron chi connectivity index (χ1n) is 11.2. The van der Waals surface area contributed by atoms with Gasteiger partial charge >= 0.3 is 6.61 Å². The molecule has 1 aliphatic rings. The van der Waals surface area contributed by atoms with Crippen molar-refractivity contribution >= 4 is 16.8 Å². The number of halogens is 2. The zero-order valence-electron chi connectivity index (χ0n) is 19.3. The number of hydrogen-bond donors (Lipinski definition) is 1. The fourth-order valence-corrected chi connectivity index (χ4v) is 4.64. The second-order valence-electron chi connectivity index (χ2n) is 8.51. The molecule has 0 fully saturated rings. The fourth-order valence-electron chi connectivity index (χ4n) is 4.64. The van der Waals surface area contributed by atoms with Crippen LogP contribution in [0.3, 0.4) is 0 Å². The standard InChI is InChI=1S/C25H22F2N6O2/c1-4-33-12-17(11-30-33)14-5-16(9-28)21-19(7-14)31-32(3)23(21)15-6-18-13(2)10-29-24(34)22(18)20(8-15)35-25(26)27/h5-8,11-13,25H,4,10H2,1-3H3,(H,29,34). The molecule has 0 spiro atoms. The molecule has 0 radical (unpaired) electrons. The Kier molecular flexibility index (Phi) is 5.47. The zero-order valence-corrected chi connectivity index (χ0v) is 19.3. The van der Waals surface area contributed by atoms with Gasteiger partial charge in [-0.2, -0.15) is 24.2 Å². The van der Waals surface area contributed by atoms with E-state index in [2.05, 4.69) is 21.6 Å². The number of nitrogens with one attached hydrogen (secondary N) is 1. The smallest absolute Gasteiger partial charge is 0.387 e. The van der Waals surface area contributed by atoms with E-state index >= 15 is 0 Å². The minimum Gasteiger partial charge on any atom is -0.434 e. The van der Waals surface area contributed by atoms with Gasteiger partial charge in [-0.1, -0.05) is 6.92 Å². The molecule has 0 saturated carbocycles. The maximum Gasteiger partial charge on any atom is 0.387 e. The molecule has 2 aromatic heterocycles. The van der Waals surface area contributed by atoms with Crippen LogP contribution < -0.4 is 10.1 Å². The Morgan fingerprint density at radius 1 is 1.26 bits per heavy atom. The van der Waals surface area contributed by atoms with E-state index in [0.717, 1.165) is 17.7 Å². The molecular weight excluding hydrogens is 454 g/mol. The van der Waals surface area contributed by atoms with Crippen LogP contribution in [-0.4, -0.2) is 38.6 Å². The van der Waals surface area contributed by atoms with E-state index in [0.29, 0.717) is 39.8 Å². The fraction of sp³-hybridized carbons (Fsp3) is 0.280. The first kappa shape index (κ1) is 22.5. The lowest BCUT2D eigenvalue weighted by Gasteiger charge is -2.25. The van der Waals surface area contributed by atoms with Crippen molar-refractivity contribution in [3.63, 3.8) is 0 Å². The molecule has 3 heterocycles. The van der Waals surface area contributed by atoms with Crippen molar-refractivity contribution in [3.05, 3.63) is 53.3 Å². The molecule has 8 nitrogen and oxygen atoms in total. The normalized spacial score (nSPS) is 15.2. The number of aryl methyl sites for hydroxylation is 2. The van der Waals surface area contributed by atoms with Crippen molar-refractivity contribution in [2.24, 2.45) is 7.05 Å². The largest absolute Gasteiger partial charge is 0.434 e. The molecule has 2 aromatic carbocycles. The molecule has 0 aliphatic carbocycles. The average molecular weight is 476 g/mol. The maximum atomic E-state index is 13.3. The first-order valence-corrected chi connectivity index (χ1v) is 11.2. The Labute approximate surface area is 199 Å². The van der Waals surface area contributed by atoms with Crippen molar-refractivity contribution in [1.29, 1.82) is 5.26 Å². The maximum absolute atomic E-state index is 13.3. The molecule has 1 unspecified atom stereocenters. The van der Waals surface area contributed by atoms with Crippen molar-refractivity contribution in [3.8, 4) is 34.2 Å². The number of amides is 1. The van der Waals surface area contributed by atoms with Gasteiger partial charge in [-0.3, -0.25) is 14.2 Å². The number of carbonyl (C=O) groups excluding carboxylic acids is 1. The van der Waals surface area contributed by atoms with Gasteiger partial charge < -0.3 is 10.1 Å². The van der Waals surface area contributed by atoms with Crippen LogP contribution in [0.1, 0.15) is 41.3 Å². The van der Waals surface area contributed by atoms with Gasteiger partial charge in [0.1, 0.15) is 5.75 Å². The highest BCUT2D eigenvalue weighted by atomic mass is 19.3. The number of rotatable bonds is 5. The summed E-state index contributed by atoms with van der Waals surface area (Å²) >= 11 is 0. The highest BCUT2D eigenvalue weighted by Crippen LogP contribution is 2.40.